The molecular weight excluding hydrogens is 184 g/mol. The molecule has 1 aliphatic carbocycles. The Morgan fingerprint density at radius 1 is 1.07 bits per heavy atom. The van der Waals surface area contributed by atoms with E-state index in [9.17, 15) is 0 Å². The van der Waals surface area contributed by atoms with E-state index < -0.39 is 0 Å². The van der Waals surface area contributed by atoms with E-state index in [-0.39, 0.29) is 0 Å². The maximum absolute atomic E-state index is 6.13. The van der Waals surface area contributed by atoms with E-state index in [2.05, 4.69) is 30.3 Å². The lowest BCUT2D eigenvalue weighted by molar-refractivity contribution is 0.278. The van der Waals surface area contributed by atoms with E-state index >= 15 is 0 Å². The quantitative estimate of drug-likeness (QED) is 0.770. The molecule has 0 amide bonds. The summed E-state index contributed by atoms with van der Waals surface area (Å²) in [6, 6.07) is 11.3. The lowest BCUT2D eigenvalue weighted by Crippen LogP contribution is -2.42. The highest BCUT2D eigenvalue weighted by molar-refractivity contribution is 5.15. The molecule has 1 aromatic carbocycles. The molecule has 1 fully saturated rings. The molecule has 2 rings (SSSR count). The molecule has 0 radical (unpaired) electrons. The Morgan fingerprint density at radius 3 is 2.53 bits per heavy atom. The largest absolute Gasteiger partial charge is 0.328 e. The van der Waals surface area contributed by atoms with Crippen molar-refractivity contribution < 1.29 is 0 Å². The SMILES string of the molecule is NC1CCC(N)C(Cc2ccccc2)C1. The van der Waals surface area contributed by atoms with E-state index in [0.29, 0.717) is 18.0 Å². The molecule has 3 atom stereocenters. The van der Waals surface area contributed by atoms with Gasteiger partial charge in [0.2, 0.25) is 0 Å². The van der Waals surface area contributed by atoms with Crippen molar-refractivity contribution in [1.82, 2.24) is 0 Å². The highest BCUT2D eigenvalue weighted by atomic mass is 14.7. The molecule has 82 valence electrons. The summed E-state index contributed by atoms with van der Waals surface area (Å²) in [6.45, 7) is 0. The maximum atomic E-state index is 6.13. The summed E-state index contributed by atoms with van der Waals surface area (Å²) in [4.78, 5) is 0. The van der Waals surface area contributed by atoms with Crippen LogP contribution in [0.3, 0.4) is 0 Å². The molecular formula is C13H20N2. The third-order valence-corrected chi connectivity index (χ3v) is 3.42. The first-order chi connectivity index (χ1) is 7.25. The van der Waals surface area contributed by atoms with Gasteiger partial charge in [-0.3, -0.25) is 0 Å². The van der Waals surface area contributed by atoms with Gasteiger partial charge in [0.25, 0.3) is 0 Å². The van der Waals surface area contributed by atoms with Crippen molar-refractivity contribution in [1.29, 1.82) is 0 Å². The molecule has 3 unspecified atom stereocenters. The predicted molar refractivity (Wildman–Crippen MR) is 63.4 cm³/mol. The van der Waals surface area contributed by atoms with E-state index in [1.165, 1.54) is 5.56 Å². The second-order valence-electron chi connectivity index (χ2n) is 4.69. The van der Waals surface area contributed by atoms with Crippen molar-refractivity contribution in [2.24, 2.45) is 17.4 Å². The van der Waals surface area contributed by atoms with Crippen LogP contribution in [0.1, 0.15) is 24.8 Å². The Kier molecular flexibility index (Phi) is 3.39. The van der Waals surface area contributed by atoms with Gasteiger partial charge >= 0.3 is 0 Å². The van der Waals surface area contributed by atoms with E-state index in [0.717, 1.165) is 25.7 Å². The molecule has 2 heteroatoms. The van der Waals surface area contributed by atoms with Gasteiger partial charge in [-0.15, -0.1) is 0 Å². The Morgan fingerprint density at radius 2 is 1.80 bits per heavy atom. The highest BCUT2D eigenvalue weighted by Crippen LogP contribution is 2.25. The van der Waals surface area contributed by atoms with Crippen LogP contribution in [0.2, 0.25) is 0 Å². The molecule has 1 aromatic rings. The molecule has 15 heavy (non-hydrogen) atoms. The predicted octanol–water partition coefficient (Wildman–Crippen LogP) is 1.68. The Bertz CT molecular complexity index is 297. The van der Waals surface area contributed by atoms with Crippen LogP contribution in [0.25, 0.3) is 0 Å². The molecule has 0 heterocycles. The van der Waals surface area contributed by atoms with Crippen LogP contribution in [0.4, 0.5) is 0 Å². The minimum absolute atomic E-state index is 0.338. The van der Waals surface area contributed by atoms with E-state index in [4.69, 9.17) is 11.5 Å². The van der Waals surface area contributed by atoms with Crippen LogP contribution >= 0.6 is 0 Å². The van der Waals surface area contributed by atoms with Crippen molar-refractivity contribution in [2.45, 2.75) is 37.8 Å². The Hall–Kier alpha value is -0.860. The van der Waals surface area contributed by atoms with Gasteiger partial charge < -0.3 is 11.5 Å². The minimum Gasteiger partial charge on any atom is -0.328 e. The second-order valence-corrected chi connectivity index (χ2v) is 4.69. The summed E-state index contributed by atoms with van der Waals surface area (Å²) in [7, 11) is 0. The average molecular weight is 204 g/mol. The maximum Gasteiger partial charge on any atom is 0.00714 e. The summed E-state index contributed by atoms with van der Waals surface area (Å²) >= 11 is 0. The van der Waals surface area contributed by atoms with Gasteiger partial charge in [0, 0.05) is 12.1 Å². The lowest BCUT2D eigenvalue weighted by atomic mass is 9.79. The normalized spacial score (nSPS) is 31.5. The summed E-state index contributed by atoms with van der Waals surface area (Å²) in [5.74, 6) is 0.566. The number of benzene rings is 1. The molecule has 0 aliphatic heterocycles. The standard InChI is InChI=1S/C13H20N2/c14-12-6-7-13(15)11(9-12)8-10-4-2-1-3-5-10/h1-5,11-13H,6-9,14-15H2. The first-order valence-electron chi connectivity index (χ1n) is 5.81. The van der Waals surface area contributed by atoms with Gasteiger partial charge in [-0.05, 0) is 37.2 Å². The van der Waals surface area contributed by atoms with Crippen molar-refractivity contribution in [3.63, 3.8) is 0 Å². The highest BCUT2D eigenvalue weighted by Gasteiger charge is 2.26. The summed E-state index contributed by atoms with van der Waals surface area (Å²) in [6.07, 6.45) is 4.33. The Balaban J connectivity index is 1.98. The fraction of sp³-hybridized carbons (Fsp3) is 0.538. The zero-order valence-corrected chi connectivity index (χ0v) is 9.10. The van der Waals surface area contributed by atoms with Crippen LogP contribution in [0.15, 0.2) is 30.3 Å². The van der Waals surface area contributed by atoms with Crippen LogP contribution in [0.5, 0.6) is 0 Å². The number of rotatable bonds is 2. The number of hydrogen-bond acceptors (Lipinski definition) is 2. The number of hydrogen-bond donors (Lipinski definition) is 2. The molecule has 0 saturated heterocycles. The van der Waals surface area contributed by atoms with Crippen molar-refractivity contribution >= 4 is 0 Å². The molecule has 1 saturated carbocycles. The average Bonchev–Trinajstić information content (AvgIpc) is 2.25. The molecule has 0 aromatic heterocycles. The molecule has 0 bridgehead atoms. The van der Waals surface area contributed by atoms with Crippen molar-refractivity contribution in [2.75, 3.05) is 0 Å². The third kappa shape index (κ3) is 2.80. The first kappa shape index (κ1) is 10.7. The summed E-state index contributed by atoms with van der Waals surface area (Å²) in [5.41, 5.74) is 13.5. The van der Waals surface area contributed by atoms with Crippen LogP contribution in [-0.4, -0.2) is 12.1 Å². The smallest absolute Gasteiger partial charge is 0.00714 e. The minimum atomic E-state index is 0.338. The molecule has 2 nitrogen and oxygen atoms in total. The number of nitrogens with two attached hydrogens (primary N) is 2. The van der Waals surface area contributed by atoms with Crippen molar-refractivity contribution in [3.8, 4) is 0 Å². The monoisotopic (exact) mass is 204 g/mol. The van der Waals surface area contributed by atoms with Gasteiger partial charge in [0.05, 0.1) is 0 Å². The van der Waals surface area contributed by atoms with Gasteiger partial charge in [0.15, 0.2) is 0 Å². The van der Waals surface area contributed by atoms with Gasteiger partial charge in [-0.25, -0.2) is 0 Å². The Labute approximate surface area is 91.7 Å². The summed E-state index contributed by atoms with van der Waals surface area (Å²) in [5, 5.41) is 0. The zero-order chi connectivity index (χ0) is 10.7. The van der Waals surface area contributed by atoms with Crippen LogP contribution in [0, 0.1) is 5.92 Å². The fourth-order valence-corrected chi connectivity index (χ4v) is 2.48. The van der Waals surface area contributed by atoms with Crippen LogP contribution < -0.4 is 11.5 Å². The molecule has 0 spiro atoms. The molecule has 4 N–H and O–H groups in total. The zero-order valence-electron chi connectivity index (χ0n) is 9.10. The van der Waals surface area contributed by atoms with Gasteiger partial charge in [-0.1, -0.05) is 30.3 Å². The first-order valence-corrected chi connectivity index (χ1v) is 5.81. The van der Waals surface area contributed by atoms with E-state index in [1.807, 2.05) is 0 Å². The van der Waals surface area contributed by atoms with Crippen LogP contribution in [-0.2, 0) is 6.42 Å². The molecule has 1 aliphatic rings. The fourth-order valence-electron chi connectivity index (χ4n) is 2.48. The van der Waals surface area contributed by atoms with Crippen molar-refractivity contribution in [3.05, 3.63) is 35.9 Å². The van der Waals surface area contributed by atoms with E-state index in [1.54, 1.807) is 0 Å². The van der Waals surface area contributed by atoms with Gasteiger partial charge in [-0.2, -0.15) is 0 Å². The summed E-state index contributed by atoms with van der Waals surface area (Å²) < 4.78 is 0. The third-order valence-electron chi connectivity index (χ3n) is 3.42. The lowest BCUT2D eigenvalue weighted by Gasteiger charge is -2.32. The van der Waals surface area contributed by atoms with Gasteiger partial charge in [0.1, 0.15) is 0 Å². The second kappa shape index (κ2) is 4.77. The topological polar surface area (TPSA) is 52.0 Å².